The van der Waals surface area contributed by atoms with Crippen molar-refractivity contribution in [2.45, 2.75) is 43.2 Å². The maximum Gasteiger partial charge on any atom is 0.175 e. The van der Waals surface area contributed by atoms with E-state index in [-0.39, 0.29) is 0 Å². The summed E-state index contributed by atoms with van der Waals surface area (Å²) in [4.78, 5) is 2.94. The molecule has 0 bridgehead atoms. The Balaban J connectivity index is 1.83. The summed E-state index contributed by atoms with van der Waals surface area (Å²) in [6, 6.07) is 6.43. The molecule has 5 heteroatoms. The smallest absolute Gasteiger partial charge is 0.175 e. The molecule has 2 aliphatic heterocycles. The van der Waals surface area contributed by atoms with Crippen LogP contribution in [0.3, 0.4) is 0 Å². The van der Waals surface area contributed by atoms with Gasteiger partial charge in [-0.3, -0.25) is 4.90 Å². The summed E-state index contributed by atoms with van der Waals surface area (Å²) in [6.45, 7) is 4.40. The Kier molecular flexibility index (Phi) is 3.50. The molecule has 3 rings (SSSR count). The average molecular weight is 294 g/mol. The quantitative estimate of drug-likeness (QED) is 0.927. The van der Waals surface area contributed by atoms with Gasteiger partial charge >= 0.3 is 0 Å². The van der Waals surface area contributed by atoms with E-state index >= 15 is 0 Å². The van der Waals surface area contributed by atoms with E-state index in [4.69, 9.17) is 0 Å². The van der Waals surface area contributed by atoms with E-state index < -0.39 is 9.84 Å². The molecule has 2 unspecified atom stereocenters. The van der Waals surface area contributed by atoms with Crippen molar-refractivity contribution < 1.29 is 8.42 Å². The summed E-state index contributed by atoms with van der Waals surface area (Å²) in [5, 5.41) is 3.59. The molecule has 0 radical (unpaired) electrons. The highest BCUT2D eigenvalue weighted by Gasteiger charge is 2.37. The van der Waals surface area contributed by atoms with E-state index in [9.17, 15) is 8.42 Å². The Morgan fingerprint density at radius 3 is 2.80 bits per heavy atom. The van der Waals surface area contributed by atoms with Crippen LogP contribution in [0.5, 0.6) is 0 Å². The number of aryl methyl sites for hydroxylation is 1. The molecule has 1 aromatic rings. The molecule has 0 saturated carbocycles. The zero-order valence-electron chi connectivity index (χ0n) is 12.1. The number of sulfone groups is 1. The largest absolute Gasteiger partial charge is 0.380 e. The third-order valence-electron chi connectivity index (χ3n) is 4.58. The SMILES string of the molecule is Cc1ccc(S(C)(=O)=O)cc1NC1CCN2CCCC12. The third kappa shape index (κ3) is 2.56. The zero-order chi connectivity index (χ0) is 14.3. The summed E-state index contributed by atoms with van der Waals surface area (Å²) >= 11 is 0. The van der Waals surface area contributed by atoms with E-state index in [0.29, 0.717) is 17.0 Å². The van der Waals surface area contributed by atoms with Crippen LogP contribution < -0.4 is 5.32 Å². The molecule has 2 heterocycles. The van der Waals surface area contributed by atoms with Crippen molar-refractivity contribution in [1.29, 1.82) is 0 Å². The number of hydrogen-bond donors (Lipinski definition) is 1. The van der Waals surface area contributed by atoms with Gasteiger partial charge in [0.2, 0.25) is 0 Å². The van der Waals surface area contributed by atoms with Gasteiger partial charge in [-0.2, -0.15) is 0 Å². The van der Waals surface area contributed by atoms with Crippen molar-refractivity contribution in [2.24, 2.45) is 0 Å². The second-order valence-electron chi connectivity index (χ2n) is 6.03. The molecule has 110 valence electrons. The lowest BCUT2D eigenvalue weighted by atomic mass is 10.1. The minimum atomic E-state index is -3.14. The van der Waals surface area contributed by atoms with E-state index in [1.54, 1.807) is 12.1 Å². The normalized spacial score (nSPS) is 26.7. The molecule has 2 atom stereocenters. The molecule has 2 fully saturated rings. The van der Waals surface area contributed by atoms with E-state index in [0.717, 1.165) is 24.2 Å². The first-order valence-corrected chi connectivity index (χ1v) is 9.15. The van der Waals surface area contributed by atoms with Gasteiger partial charge in [-0.15, -0.1) is 0 Å². The first-order valence-electron chi connectivity index (χ1n) is 7.26. The molecule has 4 nitrogen and oxygen atoms in total. The number of rotatable bonds is 3. The van der Waals surface area contributed by atoms with Gasteiger partial charge in [0.15, 0.2) is 9.84 Å². The Hall–Kier alpha value is -1.07. The molecular weight excluding hydrogens is 272 g/mol. The summed E-state index contributed by atoms with van der Waals surface area (Å²) in [7, 11) is -3.14. The van der Waals surface area contributed by atoms with Gasteiger partial charge in [0.05, 0.1) is 4.90 Å². The third-order valence-corrected chi connectivity index (χ3v) is 5.69. The second kappa shape index (κ2) is 5.04. The standard InChI is InChI=1S/C15H22N2O2S/c1-11-5-6-12(20(2,18)19)10-14(11)16-13-7-9-17-8-3-4-15(13)17/h5-6,10,13,15-16H,3-4,7-9H2,1-2H3. The number of hydrogen-bond acceptors (Lipinski definition) is 4. The Morgan fingerprint density at radius 1 is 1.25 bits per heavy atom. The predicted molar refractivity (Wildman–Crippen MR) is 80.9 cm³/mol. The maximum absolute atomic E-state index is 11.7. The van der Waals surface area contributed by atoms with E-state index in [1.807, 2.05) is 13.0 Å². The van der Waals surface area contributed by atoms with Crippen LogP contribution in [-0.4, -0.2) is 44.7 Å². The summed E-state index contributed by atoms with van der Waals surface area (Å²) in [6.07, 6.45) is 4.94. The fourth-order valence-electron chi connectivity index (χ4n) is 3.44. The molecule has 2 aliphatic rings. The highest BCUT2D eigenvalue weighted by atomic mass is 32.2. The molecule has 0 aromatic heterocycles. The average Bonchev–Trinajstić information content (AvgIpc) is 2.95. The van der Waals surface area contributed by atoms with Crippen LogP contribution in [0, 0.1) is 6.92 Å². The van der Waals surface area contributed by atoms with Crippen LogP contribution in [0.25, 0.3) is 0 Å². The minimum Gasteiger partial charge on any atom is -0.380 e. The highest BCUT2D eigenvalue weighted by Crippen LogP contribution is 2.31. The van der Waals surface area contributed by atoms with Gasteiger partial charge in [-0.05, 0) is 50.4 Å². The number of nitrogens with one attached hydrogen (secondary N) is 1. The van der Waals surface area contributed by atoms with Crippen LogP contribution >= 0.6 is 0 Å². The fourth-order valence-corrected chi connectivity index (χ4v) is 4.09. The Morgan fingerprint density at radius 2 is 2.05 bits per heavy atom. The van der Waals surface area contributed by atoms with Crippen LogP contribution in [0.2, 0.25) is 0 Å². The van der Waals surface area contributed by atoms with Crippen LogP contribution in [-0.2, 0) is 9.84 Å². The molecule has 2 saturated heterocycles. The van der Waals surface area contributed by atoms with E-state index in [1.165, 1.54) is 25.6 Å². The van der Waals surface area contributed by atoms with Gasteiger partial charge in [-0.25, -0.2) is 8.42 Å². The summed E-state index contributed by atoms with van der Waals surface area (Å²) in [5.41, 5.74) is 2.07. The number of anilines is 1. The first-order chi connectivity index (χ1) is 9.45. The first kappa shape index (κ1) is 13.9. The highest BCUT2D eigenvalue weighted by molar-refractivity contribution is 7.90. The van der Waals surface area contributed by atoms with Gasteiger partial charge in [-0.1, -0.05) is 6.07 Å². The number of fused-ring (bicyclic) bond motifs is 1. The molecule has 0 amide bonds. The van der Waals surface area contributed by atoms with Crippen molar-refractivity contribution >= 4 is 15.5 Å². The van der Waals surface area contributed by atoms with Crippen molar-refractivity contribution in [2.75, 3.05) is 24.7 Å². The second-order valence-corrected chi connectivity index (χ2v) is 8.05. The lowest BCUT2D eigenvalue weighted by Gasteiger charge is -2.23. The maximum atomic E-state index is 11.7. The number of nitrogens with zero attached hydrogens (tertiary/aromatic N) is 1. The number of benzene rings is 1. The topological polar surface area (TPSA) is 49.4 Å². The lowest BCUT2D eigenvalue weighted by Crippen LogP contribution is -2.33. The van der Waals surface area contributed by atoms with Crippen LogP contribution in [0.15, 0.2) is 23.1 Å². The molecule has 20 heavy (non-hydrogen) atoms. The van der Waals surface area contributed by atoms with Gasteiger partial charge in [0, 0.05) is 30.6 Å². The lowest BCUT2D eigenvalue weighted by molar-refractivity contribution is 0.318. The summed E-state index contributed by atoms with van der Waals surface area (Å²) in [5.74, 6) is 0. The molecular formula is C15H22N2O2S. The minimum absolute atomic E-state index is 0.395. The van der Waals surface area contributed by atoms with Crippen molar-refractivity contribution in [1.82, 2.24) is 4.90 Å². The Labute approximate surface area is 121 Å². The molecule has 1 N–H and O–H groups in total. The van der Waals surface area contributed by atoms with Gasteiger partial charge in [0.1, 0.15) is 0 Å². The van der Waals surface area contributed by atoms with Gasteiger partial charge < -0.3 is 5.32 Å². The van der Waals surface area contributed by atoms with Crippen molar-refractivity contribution in [3.8, 4) is 0 Å². The van der Waals surface area contributed by atoms with Gasteiger partial charge in [0.25, 0.3) is 0 Å². The zero-order valence-corrected chi connectivity index (χ0v) is 12.9. The molecule has 0 aliphatic carbocycles. The van der Waals surface area contributed by atoms with Crippen molar-refractivity contribution in [3.63, 3.8) is 0 Å². The van der Waals surface area contributed by atoms with Crippen molar-refractivity contribution in [3.05, 3.63) is 23.8 Å². The predicted octanol–water partition coefficient (Wildman–Crippen LogP) is 2.05. The molecule has 1 aromatic carbocycles. The Bertz CT molecular complexity index is 612. The summed E-state index contributed by atoms with van der Waals surface area (Å²) < 4.78 is 23.4. The fraction of sp³-hybridized carbons (Fsp3) is 0.600. The van der Waals surface area contributed by atoms with E-state index in [2.05, 4.69) is 10.2 Å². The van der Waals surface area contributed by atoms with Crippen LogP contribution in [0.4, 0.5) is 5.69 Å². The monoisotopic (exact) mass is 294 g/mol. The van der Waals surface area contributed by atoms with Crippen LogP contribution in [0.1, 0.15) is 24.8 Å². The molecule has 0 spiro atoms.